The van der Waals surface area contributed by atoms with E-state index in [2.05, 4.69) is 26.7 Å². The lowest BCUT2D eigenvalue weighted by atomic mass is 10.3. The van der Waals surface area contributed by atoms with Crippen molar-refractivity contribution in [3.8, 4) is 0 Å². The zero-order chi connectivity index (χ0) is 13.0. The van der Waals surface area contributed by atoms with Gasteiger partial charge in [0.25, 0.3) is 0 Å². The van der Waals surface area contributed by atoms with E-state index in [9.17, 15) is 0 Å². The zero-order valence-corrected chi connectivity index (χ0v) is 11.9. The molecule has 2 rings (SSSR count). The van der Waals surface area contributed by atoms with Crippen molar-refractivity contribution in [3.05, 3.63) is 33.1 Å². The predicted molar refractivity (Wildman–Crippen MR) is 77.8 cm³/mol. The third-order valence-corrected chi connectivity index (χ3v) is 3.78. The van der Waals surface area contributed by atoms with Crippen LogP contribution in [0, 0.1) is 6.92 Å². The lowest BCUT2D eigenvalue weighted by Crippen LogP contribution is -2.09. The molecule has 2 aromatic heterocycles. The molecule has 2 N–H and O–H groups in total. The van der Waals surface area contributed by atoms with Gasteiger partial charge in [0.1, 0.15) is 5.82 Å². The first-order valence-corrected chi connectivity index (χ1v) is 6.88. The van der Waals surface area contributed by atoms with Gasteiger partial charge in [-0.05, 0) is 25.5 Å². The van der Waals surface area contributed by atoms with Gasteiger partial charge >= 0.3 is 0 Å². The molecular weight excluding hydrogens is 268 g/mol. The monoisotopic (exact) mass is 282 g/mol. The van der Waals surface area contributed by atoms with Crippen LogP contribution in [0.15, 0.2) is 18.3 Å². The minimum absolute atomic E-state index is 0.627. The second-order valence-electron chi connectivity index (χ2n) is 3.86. The van der Waals surface area contributed by atoms with E-state index >= 15 is 0 Å². The number of anilines is 2. The molecule has 6 heteroatoms. The Morgan fingerprint density at radius 1 is 1.39 bits per heavy atom. The van der Waals surface area contributed by atoms with Gasteiger partial charge in [-0.25, -0.2) is 4.98 Å². The summed E-state index contributed by atoms with van der Waals surface area (Å²) < 4.78 is 0.834. The topological polar surface area (TPSA) is 49.8 Å². The first kappa shape index (κ1) is 13.1. The molecule has 0 saturated heterocycles. The Bertz CT molecular complexity index is 527. The first-order valence-electron chi connectivity index (χ1n) is 5.68. The van der Waals surface area contributed by atoms with Gasteiger partial charge in [-0.1, -0.05) is 11.6 Å². The molecular formula is C12H15ClN4S. The normalized spacial score (nSPS) is 10.4. The molecule has 0 aliphatic rings. The summed E-state index contributed by atoms with van der Waals surface area (Å²) in [4.78, 5) is 9.79. The van der Waals surface area contributed by atoms with Crippen LogP contribution in [0.2, 0.25) is 4.34 Å². The van der Waals surface area contributed by atoms with Gasteiger partial charge in [0.2, 0.25) is 5.95 Å². The first-order chi connectivity index (χ1) is 8.69. The van der Waals surface area contributed by atoms with E-state index in [0.29, 0.717) is 5.95 Å². The summed E-state index contributed by atoms with van der Waals surface area (Å²) in [6, 6.07) is 3.98. The van der Waals surface area contributed by atoms with E-state index in [0.717, 1.165) is 28.7 Å². The minimum Gasteiger partial charge on any atom is -0.369 e. The molecule has 0 spiro atoms. The third-order valence-electron chi connectivity index (χ3n) is 2.49. The van der Waals surface area contributed by atoms with Crippen molar-refractivity contribution in [2.75, 3.05) is 24.2 Å². The molecule has 0 aliphatic heterocycles. The lowest BCUT2D eigenvalue weighted by molar-refractivity contribution is 1.01. The van der Waals surface area contributed by atoms with Gasteiger partial charge in [0.15, 0.2) is 0 Å². The summed E-state index contributed by atoms with van der Waals surface area (Å²) in [5.74, 6) is 1.50. The second kappa shape index (κ2) is 6.02. The number of thiophene rings is 1. The number of rotatable bonds is 5. The Morgan fingerprint density at radius 3 is 2.89 bits per heavy atom. The maximum Gasteiger partial charge on any atom is 0.224 e. The summed E-state index contributed by atoms with van der Waals surface area (Å²) in [7, 11) is 1.81. The molecule has 2 aromatic rings. The molecule has 0 unspecified atom stereocenters. The van der Waals surface area contributed by atoms with Crippen LogP contribution >= 0.6 is 22.9 Å². The Balaban J connectivity index is 1.93. The number of nitrogens with zero attached hydrogens (tertiary/aromatic N) is 2. The van der Waals surface area contributed by atoms with Gasteiger partial charge in [0.05, 0.1) is 4.34 Å². The Kier molecular flexibility index (Phi) is 4.38. The van der Waals surface area contributed by atoms with Crippen LogP contribution in [0.4, 0.5) is 11.8 Å². The van der Waals surface area contributed by atoms with Gasteiger partial charge in [-0.2, -0.15) is 4.98 Å². The number of halogens is 1. The number of nitrogens with one attached hydrogen (secondary N) is 2. The molecule has 0 aromatic carbocycles. The molecule has 18 heavy (non-hydrogen) atoms. The van der Waals surface area contributed by atoms with E-state index in [1.54, 1.807) is 11.3 Å². The smallest absolute Gasteiger partial charge is 0.224 e. The van der Waals surface area contributed by atoms with Gasteiger partial charge in [0, 0.05) is 30.2 Å². The van der Waals surface area contributed by atoms with Crippen molar-refractivity contribution in [2.24, 2.45) is 0 Å². The number of aromatic nitrogens is 2. The lowest BCUT2D eigenvalue weighted by Gasteiger charge is -2.08. The largest absolute Gasteiger partial charge is 0.369 e. The molecule has 0 atom stereocenters. The van der Waals surface area contributed by atoms with Crippen LogP contribution in [0.3, 0.4) is 0 Å². The molecule has 0 fully saturated rings. The molecule has 96 valence electrons. The van der Waals surface area contributed by atoms with Crippen molar-refractivity contribution < 1.29 is 0 Å². The number of aryl methyl sites for hydroxylation is 1. The van der Waals surface area contributed by atoms with Crippen molar-refractivity contribution >= 4 is 34.7 Å². The van der Waals surface area contributed by atoms with Crippen LogP contribution in [-0.2, 0) is 6.42 Å². The quantitative estimate of drug-likeness (QED) is 0.884. The standard InChI is InChI=1S/C12H15ClN4S/c1-8-7-16-12(14-2)17-11(8)15-6-5-9-3-4-10(13)18-9/h3-4,7H,5-6H2,1-2H3,(H2,14,15,16,17). The third kappa shape index (κ3) is 3.34. The summed E-state index contributed by atoms with van der Waals surface area (Å²) >= 11 is 7.51. The average molecular weight is 283 g/mol. The maximum atomic E-state index is 5.89. The van der Waals surface area contributed by atoms with Gasteiger partial charge in [-0.3, -0.25) is 0 Å². The molecule has 0 saturated carbocycles. The maximum absolute atomic E-state index is 5.89. The van der Waals surface area contributed by atoms with Gasteiger partial charge < -0.3 is 10.6 Å². The molecule has 0 bridgehead atoms. The Morgan fingerprint density at radius 2 is 2.22 bits per heavy atom. The van der Waals surface area contributed by atoms with Crippen LogP contribution in [-0.4, -0.2) is 23.6 Å². The molecule has 0 radical (unpaired) electrons. The fourth-order valence-corrected chi connectivity index (χ4v) is 2.62. The fraction of sp³-hybridized carbons (Fsp3) is 0.333. The van der Waals surface area contributed by atoms with Crippen molar-refractivity contribution in [3.63, 3.8) is 0 Å². The van der Waals surface area contributed by atoms with E-state index in [4.69, 9.17) is 11.6 Å². The minimum atomic E-state index is 0.627. The summed E-state index contributed by atoms with van der Waals surface area (Å²) in [6.45, 7) is 2.82. The van der Waals surface area contributed by atoms with E-state index in [-0.39, 0.29) is 0 Å². The Hall–Kier alpha value is -1.33. The van der Waals surface area contributed by atoms with E-state index in [1.807, 2.05) is 26.2 Å². The predicted octanol–water partition coefficient (Wildman–Crippen LogP) is 3.20. The summed E-state index contributed by atoms with van der Waals surface area (Å²) in [5.41, 5.74) is 1.04. The fourth-order valence-electron chi connectivity index (χ4n) is 1.53. The highest BCUT2D eigenvalue weighted by molar-refractivity contribution is 7.16. The molecule has 0 aliphatic carbocycles. The molecule has 0 amide bonds. The highest BCUT2D eigenvalue weighted by Crippen LogP contribution is 2.22. The SMILES string of the molecule is CNc1ncc(C)c(NCCc2ccc(Cl)s2)n1. The average Bonchev–Trinajstić information content (AvgIpc) is 2.77. The van der Waals surface area contributed by atoms with Crippen LogP contribution in [0.1, 0.15) is 10.4 Å². The van der Waals surface area contributed by atoms with Crippen molar-refractivity contribution in [1.29, 1.82) is 0 Å². The van der Waals surface area contributed by atoms with E-state index in [1.165, 1.54) is 4.88 Å². The van der Waals surface area contributed by atoms with Crippen molar-refractivity contribution in [1.82, 2.24) is 9.97 Å². The van der Waals surface area contributed by atoms with Crippen LogP contribution in [0.25, 0.3) is 0 Å². The summed E-state index contributed by atoms with van der Waals surface area (Å²) in [5, 5.41) is 6.25. The zero-order valence-electron chi connectivity index (χ0n) is 10.3. The van der Waals surface area contributed by atoms with Crippen LogP contribution in [0.5, 0.6) is 0 Å². The van der Waals surface area contributed by atoms with Crippen molar-refractivity contribution in [2.45, 2.75) is 13.3 Å². The highest BCUT2D eigenvalue weighted by atomic mass is 35.5. The molecule has 2 heterocycles. The number of hydrogen-bond acceptors (Lipinski definition) is 5. The second-order valence-corrected chi connectivity index (χ2v) is 5.66. The highest BCUT2D eigenvalue weighted by Gasteiger charge is 2.03. The van der Waals surface area contributed by atoms with Crippen LogP contribution < -0.4 is 10.6 Å². The molecule has 4 nitrogen and oxygen atoms in total. The summed E-state index contributed by atoms with van der Waals surface area (Å²) in [6.07, 6.45) is 2.75. The van der Waals surface area contributed by atoms with Gasteiger partial charge in [-0.15, -0.1) is 11.3 Å². The Labute approximate surface area is 115 Å². The van der Waals surface area contributed by atoms with E-state index < -0.39 is 0 Å². The number of hydrogen-bond donors (Lipinski definition) is 2.